The van der Waals surface area contributed by atoms with E-state index in [2.05, 4.69) is 44.4 Å². The lowest BCUT2D eigenvalue weighted by Gasteiger charge is -2.40. The van der Waals surface area contributed by atoms with Crippen LogP contribution in [0.4, 0.5) is 0 Å². The molecule has 0 radical (unpaired) electrons. The fraction of sp³-hybridized carbons (Fsp3) is 0.571. The van der Waals surface area contributed by atoms with Gasteiger partial charge in [0.1, 0.15) is 0 Å². The Hall–Kier alpha value is -0.386. The van der Waals surface area contributed by atoms with Gasteiger partial charge in [-0.1, -0.05) is 66.8 Å². The molecule has 0 bridgehead atoms. The first-order chi connectivity index (χ1) is 7.74. The van der Waals surface area contributed by atoms with Crippen LogP contribution in [0.1, 0.15) is 18.6 Å². The predicted octanol–water partition coefficient (Wildman–Crippen LogP) is 2.58. The normalized spacial score (nSPS) is 22.9. The van der Waals surface area contributed by atoms with Gasteiger partial charge in [-0.25, -0.2) is 0 Å². The quantitative estimate of drug-likeness (QED) is 0.773. The number of fused-ring (bicyclic) bond motifs is 1. The molecule has 0 fully saturated rings. The fourth-order valence-corrected chi connectivity index (χ4v) is 13.1. The monoisotopic (exact) mass is 264 g/mol. The van der Waals surface area contributed by atoms with E-state index in [1.54, 1.807) is 10.4 Å². The highest BCUT2D eigenvalue weighted by Crippen LogP contribution is 2.26. The van der Waals surface area contributed by atoms with Crippen LogP contribution in [-0.2, 0) is 0 Å². The summed E-state index contributed by atoms with van der Waals surface area (Å²) in [6.07, 6.45) is -0.336. The second-order valence-electron chi connectivity index (χ2n) is 6.75. The van der Waals surface area contributed by atoms with E-state index in [1.165, 1.54) is 12.1 Å². The molecule has 1 aromatic rings. The van der Waals surface area contributed by atoms with Gasteiger partial charge in [-0.2, -0.15) is 0 Å². The molecule has 3 heteroatoms. The van der Waals surface area contributed by atoms with Gasteiger partial charge in [0.25, 0.3) is 0 Å². The minimum atomic E-state index is -1.25. The second-order valence-corrected chi connectivity index (χ2v) is 16.4. The minimum absolute atomic E-state index is 0.336. The predicted molar refractivity (Wildman–Crippen MR) is 80.9 cm³/mol. The molecule has 0 saturated carbocycles. The van der Waals surface area contributed by atoms with E-state index in [-0.39, 0.29) is 6.10 Å². The Labute approximate surface area is 107 Å². The van der Waals surface area contributed by atoms with E-state index in [0.717, 1.165) is 5.56 Å². The number of aliphatic hydroxyl groups is 1. The summed E-state index contributed by atoms with van der Waals surface area (Å²) in [6, 6.07) is 9.61. The van der Waals surface area contributed by atoms with Crippen LogP contribution in [0.2, 0.25) is 38.3 Å². The Morgan fingerprint density at radius 2 is 1.53 bits per heavy atom. The van der Waals surface area contributed by atoms with Gasteiger partial charge >= 0.3 is 0 Å². The Morgan fingerprint density at radius 3 is 2.06 bits per heavy atom. The molecule has 1 unspecified atom stereocenters. The molecule has 0 saturated heterocycles. The summed E-state index contributed by atoms with van der Waals surface area (Å²) in [7, 11) is -2.46. The van der Waals surface area contributed by atoms with Crippen LogP contribution >= 0.6 is 0 Å². The highest BCUT2D eigenvalue weighted by Gasteiger charge is 2.39. The first-order valence-corrected chi connectivity index (χ1v) is 13.0. The zero-order chi connectivity index (χ0) is 12.8. The van der Waals surface area contributed by atoms with E-state index < -0.39 is 16.1 Å². The van der Waals surface area contributed by atoms with E-state index in [4.69, 9.17) is 0 Å². The van der Waals surface area contributed by atoms with Crippen molar-refractivity contribution in [3.8, 4) is 0 Å². The van der Waals surface area contributed by atoms with Gasteiger partial charge in [0.15, 0.2) is 0 Å². The maximum atomic E-state index is 9.75. The molecular weight excluding hydrogens is 240 g/mol. The van der Waals surface area contributed by atoms with Crippen molar-refractivity contribution in [3.63, 3.8) is 0 Å². The Balaban J connectivity index is 2.60. The summed E-state index contributed by atoms with van der Waals surface area (Å²) >= 11 is 0. The number of hydrogen-bond donors (Lipinski definition) is 1. The zero-order valence-corrected chi connectivity index (χ0v) is 13.7. The molecule has 0 aromatic heterocycles. The lowest BCUT2D eigenvalue weighted by Crippen LogP contribution is -2.63. The average Bonchev–Trinajstić information content (AvgIpc) is 2.24. The second kappa shape index (κ2) is 4.07. The summed E-state index contributed by atoms with van der Waals surface area (Å²) in [6.45, 7) is 11.8. The molecule has 17 heavy (non-hydrogen) atoms. The van der Waals surface area contributed by atoms with Crippen molar-refractivity contribution in [2.75, 3.05) is 0 Å². The molecule has 1 N–H and O–H groups in total. The molecule has 1 heterocycles. The summed E-state index contributed by atoms with van der Waals surface area (Å²) < 4.78 is 0. The molecule has 1 aliphatic rings. The van der Waals surface area contributed by atoms with Crippen molar-refractivity contribution in [3.05, 3.63) is 23.8 Å². The van der Waals surface area contributed by atoms with Gasteiger partial charge in [0, 0.05) is 0 Å². The highest BCUT2D eigenvalue weighted by atomic mass is 28.3. The van der Waals surface area contributed by atoms with E-state index in [1.807, 2.05) is 6.92 Å². The van der Waals surface area contributed by atoms with Crippen LogP contribution < -0.4 is 10.4 Å². The summed E-state index contributed by atoms with van der Waals surface area (Å²) in [4.78, 5) is 0. The molecule has 1 nitrogen and oxygen atoms in total. The number of rotatable bonds is 1. The third kappa shape index (κ3) is 2.28. The average molecular weight is 265 g/mol. The smallest absolute Gasteiger partial charge is 0.0802 e. The van der Waals surface area contributed by atoms with Gasteiger partial charge in [0.2, 0.25) is 0 Å². The topological polar surface area (TPSA) is 20.2 Å². The minimum Gasteiger partial charge on any atom is -0.389 e. The molecule has 0 amide bonds. The van der Waals surface area contributed by atoms with E-state index >= 15 is 0 Å². The molecular formula is C14H24OSi2. The molecule has 1 aliphatic heterocycles. The summed E-state index contributed by atoms with van der Waals surface area (Å²) in [5.74, 6) is 0. The SMILES string of the molecule is CC(O)c1ccc2c(c1)[Si](C)(C)CC[Si]2(C)C. The van der Waals surface area contributed by atoms with Gasteiger partial charge in [-0.15, -0.1) is 0 Å². The Bertz CT molecular complexity index is 436. The van der Waals surface area contributed by atoms with Gasteiger partial charge in [-0.05, 0) is 12.5 Å². The van der Waals surface area contributed by atoms with Crippen molar-refractivity contribution >= 4 is 26.5 Å². The molecule has 1 aromatic carbocycles. The maximum absolute atomic E-state index is 9.75. The van der Waals surface area contributed by atoms with Crippen LogP contribution in [0.5, 0.6) is 0 Å². The van der Waals surface area contributed by atoms with Crippen molar-refractivity contribution in [2.45, 2.75) is 51.3 Å². The van der Waals surface area contributed by atoms with Crippen LogP contribution in [-0.4, -0.2) is 21.3 Å². The number of hydrogen-bond acceptors (Lipinski definition) is 1. The van der Waals surface area contributed by atoms with E-state index in [0.29, 0.717) is 0 Å². The molecule has 2 rings (SSSR count). The Kier molecular flexibility index (Phi) is 3.13. The van der Waals surface area contributed by atoms with Gasteiger partial charge in [-0.3, -0.25) is 0 Å². The van der Waals surface area contributed by atoms with Crippen LogP contribution in [0.3, 0.4) is 0 Å². The molecule has 1 atom stereocenters. The molecule has 0 spiro atoms. The third-order valence-corrected chi connectivity index (χ3v) is 11.9. The first kappa shape index (κ1) is 13.1. The maximum Gasteiger partial charge on any atom is 0.0802 e. The first-order valence-electron chi connectivity index (χ1n) is 6.57. The van der Waals surface area contributed by atoms with E-state index in [9.17, 15) is 5.11 Å². The number of benzene rings is 1. The number of aliphatic hydroxyl groups excluding tert-OH is 1. The summed E-state index contributed by atoms with van der Waals surface area (Å²) in [5, 5.41) is 13.0. The fourth-order valence-electron chi connectivity index (χ4n) is 2.87. The standard InChI is InChI=1S/C14H24OSi2/c1-11(15)12-6-7-13-14(10-12)17(4,5)9-8-16(13,2)3/h6-7,10-11,15H,8-9H2,1-5H3. The highest BCUT2D eigenvalue weighted by molar-refractivity contribution is 7.03. The largest absolute Gasteiger partial charge is 0.389 e. The van der Waals surface area contributed by atoms with Crippen LogP contribution in [0, 0.1) is 0 Å². The van der Waals surface area contributed by atoms with Crippen LogP contribution in [0.15, 0.2) is 18.2 Å². The lowest BCUT2D eigenvalue weighted by atomic mass is 10.1. The third-order valence-electron chi connectivity index (χ3n) is 4.36. The van der Waals surface area contributed by atoms with Crippen molar-refractivity contribution in [1.82, 2.24) is 0 Å². The van der Waals surface area contributed by atoms with Gasteiger partial charge in [0.05, 0.1) is 22.3 Å². The van der Waals surface area contributed by atoms with Gasteiger partial charge < -0.3 is 5.11 Å². The molecule has 94 valence electrons. The van der Waals surface area contributed by atoms with Crippen molar-refractivity contribution in [1.29, 1.82) is 0 Å². The summed E-state index contributed by atoms with van der Waals surface area (Å²) in [5.41, 5.74) is 1.09. The van der Waals surface area contributed by atoms with Crippen LogP contribution in [0.25, 0.3) is 0 Å². The lowest BCUT2D eigenvalue weighted by molar-refractivity contribution is 0.199. The Morgan fingerprint density at radius 1 is 1.00 bits per heavy atom. The van der Waals surface area contributed by atoms with Crippen molar-refractivity contribution < 1.29 is 5.11 Å². The molecule has 0 aliphatic carbocycles. The zero-order valence-electron chi connectivity index (χ0n) is 11.7. The van der Waals surface area contributed by atoms with Crippen molar-refractivity contribution in [2.24, 2.45) is 0 Å².